The Morgan fingerprint density at radius 3 is 2.80 bits per heavy atom. The summed E-state index contributed by atoms with van der Waals surface area (Å²) in [6.45, 7) is 6.22. The van der Waals surface area contributed by atoms with Gasteiger partial charge in [-0.3, -0.25) is 0 Å². The Hall–Kier alpha value is -1.99. The zero-order valence-corrected chi connectivity index (χ0v) is 15.7. The van der Waals surface area contributed by atoms with Crippen molar-refractivity contribution in [1.29, 1.82) is 0 Å². The third-order valence-electron chi connectivity index (χ3n) is 4.57. The van der Waals surface area contributed by atoms with Crippen LogP contribution in [-0.2, 0) is 12.8 Å². The van der Waals surface area contributed by atoms with Gasteiger partial charge in [-0.2, -0.15) is 15.1 Å². The normalized spacial score (nSPS) is 15.4. The molecule has 6 nitrogen and oxygen atoms in total. The van der Waals surface area contributed by atoms with E-state index >= 15 is 0 Å². The van der Waals surface area contributed by atoms with Crippen LogP contribution < -0.4 is 5.32 Å². The minimum Gasteiger partial charge on any atom is -0.392 e. The number of anilines is 1. The van der Waals surface area contributed by atoms with Gasteiger partial charge in [0, 0.05) is 17.1 Å². The Balaban J connectivity index is 1.89. The lowest BCUT2D eigenvalue weighted by Gasteiger charge is -2.14. The van der Waals surface area contributed by atoms with Gasteiger partial charge in [0.2, 0.25) is 0 Å². The molecule has 0 spiro atoms. The molecule has 0 aromatic carbocycles. The highest BCUT2D eigenvalue weighted by Crippen LogP contribution is 2.39. The molecule has 0 aliphatic heterocycles. The van der Waals surface area contributed by atoms with Crippen LogP contribution in [-0.4, -0.2) is 37.5 Å². The molecule has 0 bridgehead atoms. The Kier molecular flexibility index (Phi) is 4.21. The van der Waals surface area contributed by atoms with Crippen molar-refractivity contribution < 1.29 is 5.11 Å². The van der Waals surface area contributed by atoms with Gasteiger partial charge in [-0.1, -0.05) is 0 Å². The van der Waals surface area contributed by atoms with Crippen molar-refractivity contribution in [3.05, 3.63) is 27.9 Å². The number of rotatable bonds is 4. The first-order valence-electron chi connectivity index (χ1n) is 8.81. The Bertz CT molecular complexity index is 927. The van der Waals surface area contributed by atoms with Crippen LogP contribution in [0.5, 0.6) is 0 Å². The Morgan fingerprint density at radius 2 is 2.08 bits per heavy atom. The molecule has 3 heterocycles. The van der Waals surface area contributed by atoms with Crippen molar-refractivity contribution in [3.8, 4) is 5.95 Å². The fourth-order valence-corrected chi connectivity index (χ4v) is 4.70. The number of fused-ring (bicyclic) bond motifs is 3. The van der Waals surface area contributed by atoms with Gasteiger partial charge in [-0.25, -0.2) is 4.68 Å². The summed E-state index contributed by atoms with van der Waals surface area (Å²) in [6.07, 6.45) is 4.24. The molecule has 1 atom stereocenters. The molecule has 1 aliphatic rings. The fraction of sp³-hybridized carbons (Fsp3) is 0.500. The lowest BCUT2D eigenvalue weighted by molar-refractivity contribution is 0.208. The second kappa shape index (κ2) is 6.38. The molecule has 2 N–H and O–H groups in total. The van der Waals surface area contributed by atoms with Crippen LogP contribution in [0, 0.1) is 13.8 Å². The monoisotopic (exact) mass is 357 g/mol. The standard InChI is InChI=1S/C18H23N5OS/c1-10-8-11(2)23(22-10)18-20-16(19-9-12(3)24)15-13-6-4-5-7-14(13)25-17(15)21-18/h8,12,24H,4-7,9H2,1-3H3,(H,19,20,21)/t12-/m0/s1. The van der Waals surface area contributed by atoms with Gasteiger partial charge in [0.1, 0.15) is 10.6 Å². The van der Waals surface area contributed by atoms with Gasteiger partial charge in [0.25, 0.3) is 5.95 Å². The summed E-state index contributed by atoms with van der Waals surface area (Å²) in [5.74, 6) is 1.40. The zero-order valence-electron chi connectivity index (χ0n) is 14.8. The van der Waals surface area contributed by atoms with Gasteiger partial charge in [-0.05, 0) is 58.1 Å². The van der Waals surface area contributed by atoms with E-state index < -0.39 is 6.10 Å². The molecule has 0 amide bonds. The number of aliphatic hydroxyl groups is 1. The first-order chi connectivity index (χ1) is 12.0. The molecule has 25 heavy (non-hydrogen) atoms. The molecule has 4 rings (SSSR count). The summed E-state index contributed by atoms with van der Waals surface area (Å²) >= 11 is 1.77. The predicted molar refractivity (Wildman–Crippen MR) is 101 cm³/mol. The van der Waals surface area contributed by atoms with E-state index in [1.807, 2.05) is 19.9 Å². The topological polar surface area (TPSA) is 75.9 Å². The molecule has 3 aromatic heterocycles. The quantitative estimate of drug-likeness (QED) is 0.750. The van der Waals surface area contributed by atoms with Crippen LogP contribution in [0.3, 0.4) is 0 Å². The Labute approximate surface area is 150 Å². The number of hydrogen-bond donors (Lipinski definition) is 2. The smallest absolute Gasteiger partial charge is 0.254 e. The maximum Gasteiger partial charge on any atom is 0.254 e. The van der Waals surface area contributed by atoms with Crippen LogP contribution in [0.15, 0.2) is 6.07 Å². The molecule has 3 aromatic rings. The largest absolute Gasteiger partial charge is 0.392 e. The van der Waals surface area contributed by atoms with E-state index in [4.69, 9.17) is 9.97 Å². The summed E-state index contributed by atoms with van der Waals surface area (Å²) in [7, 11) is 0. The predicted octanol–water partition coefficient (Wildman–Crippen LogP) is 3.17. The zero-order chi connectivity index (χ0) is 17.6. The molecule has 132 valence electrons. The first-order valence-corrected chi connectivity index (χ1v) is 9.62. The van der Waals surface area contributed by atoms with E-state index in [1.54, 1.807) is 22.9 Å². The van der Waals surface area contributed by atoms with Crippen LogP contribution in [0.2, 0.25) is 0 Å². The highest BCUT2D eigenvalue weighted by molar-refractivity contribution is 7.19. The molecule has 1 aliphatic carbocycles. The summed E-state index contributed by atoms with van der Waals surface area (Å²) in [6, 6.07) is 2.02. The Morgan fingerprint density at radius 1 is 1.28 bits per heavy atom. The molecule has 0 saturated heterocycles. The fourth-order valence-electron chi connectivity index (χ4n) is 3.44. The number of aryl methyl sites for hydroxylation is 4. The number of nitrogens with one attached hydrogen (secondary N) is 1. The van der Waals surface area contributed by atoms with Gasteiger partial charge in [0.15, 0.2) is 0 Å². The molecular weight excluding hydrogens is 334 g/mol. The van der Waals surface area contributed by atoms with Crippen LogP contribution in [0.1, 0.15) is 41.6 Å². The molecule has 0 radical (unpaired) electrons. The number of aromatic nitrogens is 4. The summed E-state index contributed by atoms with van der Waals surface area (Å²) in [5, 5.41) is 18.7. The van der Waals surface area contributed by atoms with Gasteiger partial charge in [-0.15, -0.1) is 11.3 Å². The van der Waals surface area contributed by atoms with Gasteiger partial charge < -0.3 is 10.4 Å². The molecule has 0 fully saturated rings. The third-order valence-corrected chi connectivity index (χ3v) is 5.75. The van der Waals surface area contributed by atoms with Gasteiger partial charge >= 0.3 is 0 Å². The van der Waals surface area contributed by atoms with Crippen molar-refractivity contribution >= 4 is 27.4 Å². The maximum atomic E-state index is 9.69. The minimum atomic E-state index is -0.434. The summed E-state index contributed by atoms with van der Waals surface area (Å²) < 4.78 is 1.79. The second-order valence-electron chi connectivity index (χ2n) is 6.83. The average Bonchev–Trinajstić information content (AvgIpc) is 3.11. The van der Waals surface area contributed by atoms with Crippen LogP contribution in [0.25, 0.3) is 16.2 Å². The lowest BCUT2D eigenvalue weighted by Crippen LogP contribution is -2.17. The van der Waals surface area contributed by atoms with Crippen molar-refractivity contribution in [2.45, 2.75) is 52.6 Å². The van der Waals surface area contributed by atoms with E-state index in [2.05, 4.69) is 10.4 Å². The number of aliphatic hydroxyl groups excluding tert-OH is 1. The summed E-state index contributed by atoms with van der Waals surface area (Å²) in [5.41, 5.74) is 3.35. The third kappa shape index (κ3) is 3.02. The van der Waals surface area contributed by atoms with E-state index in [0.29, 0.717) is 12.5 Å². The SMILES string of the molecule is Cc1cc(C)n(-c2nc(NC[C@H](C)O)c3c4c(sc3n2)CCCC4)n1. The van der Waals surface area contributed by atoms with Crippen LogP contribution >= 0.6 is 11.3 Å². The highest BCUT2D eigenvalue weighted by Gasteiger charge is 2.22. The van der Waals surface area contributed by atoms with Crippen LogP contribution in [0.4, 0.5) is 5.82 Å². The average molecular weight is 357 g/mol. The number of thiophene rings is 1. The van der Waals surface area contributed by atoms with Gasteiger partial charge in [0.05, 0.1) is 17.2 Å². The van der Waals surface area contributed by atoms with Crippen molar-refractivity contribution in [1.82, 2.24) is 19.7 Å². The number of hydrogen-bond acceptors (Lipinski definition) is 6. The second-order valence-corrected chi connectivity index (χ2v) is 7.92. The highest BCUT2D eigenvalue weighted by atomic mass is 32.1. The molecule has 0 saturated carbocycles. The minimum absolute atomic E-state index is 0.434. The summed E-state index contributed by atoms with van der Waals surface area (Å²) in [4.78, 5) is 12.0. The van der Waals surface area contributed by atoms with E-state index in [-0.39, 0.29) is 0 Å². The van der Waals surface area contributed by atoms with E-state index in [0.717, 1.165) is 40.3 Å². The molecule has 0 unspecified atom stereocenters. The molecular formula is C18H23N5OS. The van der Waals surface area contributed by atoms with E-state index in [1.165, 1.54) is 23.3 Å². The van der Waals surface area contributed by atoms with Crippen molar-refractivity contribution in [2.75, 3.05) is 11.9 Å². The molecule has 7 heteroatoms. The lowest BCUT2D eigenvalue weighted by atomic mass is 9.97. The van der Waals surface area contributed by atoms with Crippen molar-refractivity contribution in [2.24, 2.45) is 0 Å². The van der Waals surface area contributed by atoms with Crippen molar-refractivity contribution in [3.63, 3.8) is 0 Å². The maximum absolute atomic E-state index is 9.69. The number of nitrogens with zero attached hydrogens (tertiary/aromatic N) is 4. The first kappa shape index (κ1) is 16.5. The van der Waals surface area contributed by atoms with E-state index in [9.17, 15) is 5.11 Å².